The van der Waals surface area contributed by atoms with Crippen LogP contribution in [0.25, 0.3) is 10.8 Å². The lowest BCUT2D eigenvalue weighted by Crippen LogP contribution is -2.17. The summed E-state index contributed by atoms with van der Waals surface area (Å²) >= 11 is 0. The molecule has 2 unspecified atom stereocenters. The third kappa shape index (κ3) is 1.92. The minimum Gasteiger partial charge on any atom is -0.390 e. The smallest absolute Gasteiger partial charge is 0.105 e. The van der Waals surface area contributed by atoms with Gasteiger partial charge in [-0.15, -0.1) is 0 Å². The van der Waals surface area contributed by atoms with Crippen molar-refractivity contribution < 1.29 is 10.2 Å². The number of aromatic nitrogens is 1. The molecule has 2 atom stereocenters. The molecule has 0 aliphatic rings. The van der Waals surface area contributed by atoms with Gasteiger partial charge in [0.25, 0.3) is 0 Å². The molecule has 3 nitrogen and oxygen atoms in total. The number of pyridine rings is 1. The van der Waals surface area contributed by atoms with Gasteiger partial charge in [0, 0.05) is 17.8 Å². The number of fused-ring (bicyclic) bond motifs is 1. The molecule has 16 heavy (non-hydrogen) atoms. The van der Waals surface area contributed by atoms with Crippen molar-refractivity contribution in [2.24, 2.45) is 0 Å². The van der Waals surface area contributed by atoms with E-state index in [2.05, 4.69) is 4.98 Å². The van der Waals surface area contributed by atoms with E-state index >= 15 is 0 Å². The molecule has 0 bridgehead atoms. The number of benzene rings is 1. The van der Waals surface area contributed by atoms with Crippen LogP contribution < -0.4 is 0 Å². The van der Waals surface area contributed by atoms with Crippen molar-refractivity contribution in [3.8, 4) is 0 Å². The lowest BCUT2D eigenvalue weighted by molar-refractivity contribution is 0.0173. The molecule has 0 aliphatic heterocycles. The molecule has 0 radical (unpaired) electrons. The molecule has 2 aromatic rings. The second-order valence-electron chi connectivity index (χ2n) is 3.86. The maximum Gasteiger partial charge on any atom is 0.105 e. The molecule has 0 aliphatic carbocycles. The number of hydrogen-bond acceptors (Lipinski definition) is 3. The molecule has 3 heteroatoms. The Morgan fingerprint density at radius 1 is 1.25 bits per heavy atom. The lowest BCUT2D eigenvalue weighted by Gasteiger charge is -2.18. The first-order chi connectivity index (χ1) is 7.74. The molecule has 2 N–H and O–H groups in total. The van der Waals surface area contributed by atoms with E-state index in [0.29, 0.717) is 6.42 Å². The van der Waals surface area contributed by atoms with Gasteiger partial charge < -0.3 is 10.2 Å². The highest BCUT2D eigenvalue weighted by Crippen LogP contribution is 2.26. The summed E-state index contributed by atoms with van der Waals surface area (Å²) in [6.45, 7) is 1.84. The van der Waals surface area contributed by atoms with Crippen molar-refractivity contribution in [1.29, 1.82) is 0 Å². The molecule has 1 aromatic carbocycles. The zero-order chi connectivity index (χ0) is 11.5. The Morgan fingerprint density at radius 2 is 2.06 bits per heavy atom. The first kappa shape index (κ1) is 11.0. The van der Waals surface area contributed by atoms with Gasteiger partial charge >= 0.3 is 0 Å². The minimum absolute atomic E-state index is 0.526. The zero-order valence-corrected chi connectivity index (χ0v) is 9.17. The van der Waals surface area contributed by atoms with Gasteiger partial charge in [-0.05, 0) is 23.4 Å². The van der Waals surface area contributed by atoms with E-state index < -0.39 is 12.2 Å². The van der Waals surface area contributed by atoms with Gasteiger partial charge in [-0.1, -0.05) is 25.1 Å². The number of aliphatic hydroxyl groups excluding tert-OH is 2. The first-order valence-corrected chi connectivity index (χ1v) is 5.42. The lowest BCUT2D eigenvalue weighted by atomic mass is 9.98. The summed E-state index contributed by atoms with van der Waals surface area (Å²) in [7, 11) is 0. The standard InChI is InChI=1S/C13H15NO2/c1-2-12(15)13(16)10-5-3-4-9-6-7-14-8-11(9)10/h3-8,12-13,15-16H,2H2,1H3. The molecule has 0 spiro atoms. The van der Waals surface area contributed by atoms with Crippen molar-refractivity contribution in [2.75, 3.05) is 0 Å². The van der Waals surface area contributed by atoms with Crippen LogP contribution in [0.15, 0.2) is 36.7 Å². The third-order valence-corrected chi connectivity index (χ3v) is 2.82. The first-order valence-electron chi connectivity index (χ1n) is 5.42. The van der Waals surface area contributed by atoms with Crippen LogP contribution in [0.5, 0.6) is 0 Å². The van der Waals surface area contributed by atoms with Crippen LogP contribution in [0, 0.1) is 0 Å². The predicted octanol–water partition coefficient (Wildman–Crippen LogP) is 2.04. The van der Waals surface area contributed by atoms with Gasteiger partial charge in [0.2, 0.25) is 0 Å². The molecular formula is C13H15NO2. The normalized spacial score (nSPS) is 14.9. The van der Waals surface area contributed by atoms with Crippen LogP contribution in [0.3, 0.4) is 0 Å². The van der Waals surface area contributed by atoms with Crippen LogP contribution in [0.4, 0.5) is 0 Å². The summed E-state index contributed by atoms with van der Waals surface area (Å²) in [4.78, 5) is 4.05. The Bertz CT molecular complexity index is 479. The molecule has 2 rings (SSSR count). The van der Waals surface area contributed by atoms with Gasteiger partial charge in [-0.25, -0.2) is 0 Å². The Hall–Kier alpha value is -1.45. The molecule has 0 saturated carbocycles. The molecule has 0 fully saturated rings. The van der Waals surface area contributed by atoms with E-state index in [0.717, 1.165) is 16.3 Å². The van der Waals surface area contributed by atoms with Crippen LogP contribution in [0.1, 0.15) is 25.0 Å². The van der Waals surface area contributed by atoms with Gasteiger partial charge in [0.15, 0.2) is 0 Å². The molecular weight excluding hydrogens is 202 g/mol. The van der Waals surface area contributed by atoms with Crippen molar-refractivity contribution in [2.45, 2.75) is 25.6 Å². The van der Waals surface area contributed by atoms with Crippen molar-refractivity contribution >= 4 is 10.8 Å². The van der Waals surface area contributed by atoms with Crippen molar-refractivity contribution in [1.82, 2.24) is 4.98 Å². The highest BCUT2D eigenvalue weighted by atomic mass is 16.3. The number of rotatable bonds is 3. The fourth-order valence-corrected chi connectivity index (χ4v) is 1.83. The van der Waals surface area contributed by atoms with Gasteiger partial charge in [0.1, 0.15) is 6.10 Å². The summed E-state index contributed by atoms with van der Waals surface area (Å²) < 4.78 is 0. The fraction of sp³-hybridized carbons (Fsp3) is 0.308. The van der Waals surface area contributed by atoms with Crippen molar-refractivity contribution in [3.63, 3.8) is 0 Å². The van der Waals surface area contributed by atoms with E-state index in [1.165, 1.54) is 0 Å². The highest BCUT2D eigenvalue weighted by Gasteiger charge is 2.18. The summed E-state index contributed by atoms with van der Waals surface area (Å²) in [5, 5.41) is 21.6. The van der Waals surface area contributed by atoms with E-state index in [9.17, 15) is 10.2 Å². The summed E-state index contributed by atoms with van der Waals surface area (Å²) in [6.07, 6.45) is 2.38. The van der Waals surface area contributed by atoms with E-state index in [4.69, 9.17) is 0 Å². The Labute approximate surface area is 94.4 Å². The second-order valence-corrected chi connectivity index (χ2v) is 3.86. The molecule has 1 aromatic heterocycles. The van der Waals surface area contributed by atoms with E-state index in [-0.39, 0.29) is 0 Å². The summed E-state index contributed by atoms with van der Waals surface area (Å²) in [5.41, 5.74) is 0.736. The molecule has 1 heterocycles. The Balaban J connectivity index is 2.52. The van der Waals surface area contributed by atoms with Crippen LogP contribution in [-0.2, 0) is 0 Å². The van der Waals surface area contributed by atoms with Crippen LogP contribution in [-0.4, -0.2) is 21.3 Å². The largest absolute Gasteiger partial charge is 0.390 e. The average molecular weight is 217 g/mol. The van der Waals surface area contributed by atoms with Gasteiger partial charge in [-0.3, -0.25) is 4.98 Å². The number of nitrogens with zero attached hydrogens (tertiary/aromatic N) is 1. The third-order valence-electron chi connectivity index (χ3n) is 2.82. The van der Waals surface area contributed by atoms with E-state index in [1.54, 1.807) is 12.4 Å². The Morgan fingerprint density at radius 3 is 2.81 bits per heavy atom. The molecule has 84 valence electrons. The number of aliphatic hydroxyl groups is 2. The quantitative estimate of drug-likeness (QED) is 0.827. The van der Waals surface area contributed by atoms with Gasteiger partial charge in [-0.2, -0.15) is 0 Å². The van der Waals surface area contributed by atoms with Gasteiger partial charge in [0.05, 0.1) is 6.10 Å². The average Bonchev–Trinajstić information content (AvgIpc) is 2.36. The monoisotopic (exact) mass is 217 g/mol. The second kappa shape index (κ2) is 4.60. The van der Waals surface area contributed by atoms with Crippen LogP contribution in [0.2, 0.25) is 0 Å². The van der Waals surface area contributed by atoms with Crippen molar-refractivity contribution in [3.05, 3.63) is 42.2 Å². The van der Waals surface area contributed by atoms with E-state index in [1.807, 2.05) is 31.2 Å². The number of hydrogen-bond donors (Lipinski definition) is 2. The van der Waals surface area contributed by atoms with Crippen LogP contribution >= 0.6 is 0 Å². The zero-order valence-electron chi connectivity index (χ0n) is 9.17. The maximum atomic E-state index is 10.0. The fourth-order valence-electron chi connectivity index (χ4n) is 1.83. The minimum atomic E-state index is -0.849. The maximum absolute atomic E-state index is 10.0. The SMILES string of the molecule is CCC(O)C(O)c1cccc2ccncc12. The summed E-state index contributed by atoms with van der Waals surface area (Å²) in [5.74, 6) is 0. The Kier molecular flexibility index (Phi) is 3.17. The topological polar surface area (TPSA) is 53.4 Å². The molecule has 0 saturated heterocycles. The summed E-state index contributed by atoms with van der Waals surface area (Å²) in [6, 6.07) is 7.56. The predicted molar refractivity (Wildman–Crippen MR) is 63.0 cm³/mol. The molecule has 0 amide bonds. The highest BCUT2D eigenvalue weighted by molar-refractivity contribution is 5.85.